The molecule has 0 aliphatic heterocycles. The van der Waals surface area contributed by atoms with Crippen LogP contribution in [0.15, 0.2) is 41.3 Å². The van der Waals surface area contributed by atoms with Crippen LogP contribution in [0.1, 0.15) is 44.9 Å². The number of nitrogens with zero attached hydrogens (tertiary/aromatic N) is 3. The van der Waals surface area contributed by atoms with Gasteiger partial charge in [0.1, 0.15) is 0 Å². The number of aromatic carboxylic acids is 1. The maximum Gasteiger partial charge on any atom is 0.335 e. The lowest BCUT2D eigenvalue weighted by Crippen LogP contribution is -2.22. The van der Waals surface area contributed by atoms with E-state index in [9.17, 15) is 18.3 Å². The molecule has 0 aliphatic carbocycles. The van der Waals surface area contributed by atoms with E-state index >= 15 is 0 Å². The maximum absolute atomic E-state index is 13.2. The lowest BCUT2D eigenvalue weighted by atomic mass is 10.1. The van der Waals surface area contributed by atoms with Crippen molar-refractivity contribution in [2.75, 3.05) is 23.2 Å². The van der Waals surface area contributed by atoms with Crippen molar-refractivity contribution in [3.63, 3.8) is 0 Å². The molecule has 0 saturated heterocycles. The summed E-state index contributed by atoms with van der Waals surface area (Å²) in [5.74, 6) is -1.12. The van der Waals surface area contributed by atoms with E-state index in [2.05, 4.69) is 9.82 Å². The van der Waals surface area contributed by atoms with Gasteiger partial charge in [-0.15, -0.1) is 0 Å². The van der Waals surface area contributed by atoms with Crippen LogP contribution in [0.25, 0.3) is 0 Å². The van der Waals surface area contributed by atoms with E-state index in [-0.39, 0.29) is 16.1 Å². The van der Waals surface area contributed by atoms with Gasteiger partial charge in [0.2, 0.25) is 0 Å². The number of aromatic nitrogens is 2. The second kappa shape index (κ2) is 9.89. The molecule has 0 radical (unpaired) electrons. The Balaban J connectivity index is 1.86. The third kappa shape index (κ3) is 5.59. The van der Waals surface area contributed by atoms with E-state index in [4.69, 9.17) is 0 Å². The molecule has 2 aromatic carbocycles. The zero-order chi connectivity index (χ0) is 25.2. The molecule has 1 aromatic heterocycles. The van der Waals surface area contributed by atoms with Gasteiger partial charge in [0.05, 0.1) is 27.5 Å². The number of aryl methyl sites for hydroxylation is 4. The van der Waals surface area contributed by atoms with Crippen LogP contribution in [0.4, 0.5) is 11.4 Å². The van der Waals surface area contributed by atoms with Crippen molar-refractivity contribution in [1.82, 2.24) is 9.78 Å². The molecule has 0 unspecified atom stereocenters. The molecule has 2 N–H and O–H groups in total. The average molecular weight is 485 g/mol. The number of hydrogen-bond acceptors (Lipinski definition) is 5. The first-order chi connectivity index (χ1) is 15.9. The Morgan fingerprint density at radius 3 is 2.29 bits per heavy atom. The predicted molar refractivity (Wildman–Crippen MR) is 134 cm³/mol. The first-order valence-electron chi connectivity index (χ1n) is 11.1. The maximum atomic E-state index is 13.2. The summed E-state index contributed by atoms with van der Waals surface area (Å²) in [7, 11) is -0.114. The summed E-state index contributed by atoms with van der Waals surface area (Å²) in [6, 6.07) is 9.58. The molecule has 9 heteroatoms. The largest absolute Gasteiger partial charge is 0.478 e. The summed E-state index contributed by atoms with van der Waals surface area (Å²) in [4.78, 5) is 13.6. The second-order valence-electron chi connectivity index (χ2n) is 8.76. The molecule has 0 aliphatic rings. The van der Waals surface area contributed by atoms with E-state index in [0.29, 0.717) is 12.2 Å². The van der Waals surface area contributed by atoms with E-state index in [1.54, 1.807) is 18.2 Å². The Labute approximate surface area is 201 Å². The van der Waals surface area contributed by atoms with Crippen LogP contribution in [-0.2, 0) is 23.5 Å². The quantitative estimate of drug-likeness (QED) is 0.471. The zero-order valence-corrected chi connectivity index (χ0v) is 21.3. The van der Waals surface area contributed by atoms with E-state index in [1.165, 1.54) is 17.7 Å². The van der Waals surface area contributed by atoms with Crippen LogP contribution < -0.4 is 9.62 Å². The summed E-state index contributed by atoms with van der Waals surface area (Å²) >= 11 is 0. The highest BCUT2D eigenvalue weighted by Crippen LogP contribution is 2.30. The van der Waals surface area contributed by atoms with Gasteiger partial charge in [-0.25, -0.2) is 13.2 Å². The summed E-state index contributed by atoms with van der Waals surface area (Å²) in [5.41, 5.74) is 5.87. The Kier molecular flexibility index (Phi) is 7.35. The highest BCUT2D eigenvalue weighted by molar-refractivity contribution is 7.92. The van der Waals surface area contributed by atoms with Crippen molar-refractivity contribution in [1.29, 1.82) is 0 Å². The predicted octanol–water partition coefficient (Wildman–Crippen LogP) is 4.22. The van der Waals surface area contributed by atoms with Gasteiger partial charge in [0, 0.05) is 26.3 Å². The van der Waals surface area contributed by atoms with Gasteiger partial charge >= 0.3 is 5.97 Å². The number of carbonyl (C=O) groups is 1. The summed E-state index contributed by atoms with van der Waals surface area (Å²) in [6.45, 7) is 8.36. The Bertz CT molecular complexity index is 1310. The van der Waals surface area contributed by atoms with E-state index < -0.39 is 16.0 Å². The van der Waals surface area contributed by atoms with Crippen molar-refractivity contribution >= 4 is 27.4 Å². The fraction of sp³-hybridized carbons (Fsp3) is 0.360. The smallest absolute Gasteiger partial charge is 0.335 e. The minimum Gasteiger partial charge on any atom is -0.478 e. The van der Waals surface area contributed by atoms with Crippen LogP contribution >= 0.6 is 0 Å². The fourth-order valence-electron chi connectivity index (χ4n) is 4.17. The number of carboxylic acid groups (broad SMARTS) is 1. The number of nitrogens with one attached hydrogen (secondary N) is 1. The molecular weight excluding hydrogens is 452 g/mol. The van der Waals surface area contributed by atoms with Crippen LogP contribution in [0, 0.1) is 27.7 Å². The molecule has 8 nitrogen and oxygen atoms in total. The topological polar surface area (TPSA) is 105 Å². The van der Waals surface area contributed by atoms with Crippen molar-refractivity contribution < 1.29 is 18.3 Å². The molecular formula is C25H32N4O4S. The third-order valence-electron chi connectivity index (χ3n) is 5.98. The van der Waals surface area contributed by atoms with E-state index in [1.807, 2.05) is 57.4 Å². The molecule has 3 aromatic rings. The molecule has 0 saturated carbocycles. The van der Waals surface area contributed by atoms with Crippen LogP contribution in [-0.4, -0.2) is 42.9 Å². The first-order valence-corrected chi connectivity index (χ1v) is 12.6. The fourth-order valence-corrected chi connectivity index (χ4v) is 5.42. The molecule has 0 spiro atoms. The van der Waals surface area contributed by atoms with Gasteiger partial charge in [0.15, 0.2) is 0 Å². The number of hydrogen-bond donors (Lipinski definition) is 2. The van der Waals surface area contributed by atoms with Crippen molar-refractivity contribution in [2.24, 2.45) is 7.05 Å². The molecule has 34 heavy (non-hydrogen) atoms. The lowest BCUT2D eigenvalue weighted by Gasteiger charge is -2.23. The lowest BCUT2D eigenvalue weighted by molar-refractivity contribution is 0.0697. The minimum absolute atomic E-state index is 0.0110. The highest BCUT2D eigenvalue weighted by atomic mass is 32.2. The number of sulfonamides is 1. The molecule has 182 valence electrons. The summed E-state index contributed by atoms with van der Waals surface area (Å²) in [6.07, 6.45) is 1.67. The Hall–Kier alpha value is -3.33. The number of anilines is 2. The van der Waals surface area contributed by atoms with Crippen molar-refractivity contribution in [3.8, 4) is 0 Å². The van der Waals surface area contributed by atoms with E-state index in [0.717, 1.165) is 35.4 Å². The van der Waals surface area contributed by atoms with Crippen molar-refractivity contribution in [3.05, 3.63) is 70.0 Å². The SMILES string of the molecule is Cc1cc(C)cc(S(=O)(=O)Nc2cc(C(=O)O)ccc2N(C)CCCc2c(C)nn(C)c2C)c1. The summed E-state index contributed by atoms with van der Waals surface area (Å²) < 4.78 is 30.8. The Morgan fingerprint density at radius 2 is 1.74 bits per heavy atom. The summed E-state index contributed by atoms with van der Waals surface area (Å²) in [5, 5.41) is 13.9. The zero-order valence-electron chi connectivity index (χ0n) is 20.5. The number of carboxylic acids is 1. The van der Waals surface area contributed by atoms with Gasteiger partial charge < -0.3 is 10.0 Å². The second-order valence-corrected chi connectivity index (χ2v) is 10.4. The van der Waals surface area contributed by atoms with Gasteiger partial charge in [-0.3, -0.25) is 9.40 Å². The number of rotatable bonds is 9. The monoisotopic (exact) mass is 484 g/mol. The Morgan fingerprint density at radius 1 is 1.09 bits per heavy atom. The highest BCUT2D eigenvalue weighted by Gasteiger charge is 2.20. The molecule has 3 rings (SSSR count). The van der Waals surface area contributed by atoms with Gasteiger partial charge in [0.25, 0.3) is 10.0 Å². The van der Waals surface area contributed by atoms with Crippen molar-refractivity contribution in [2.45, 2.75) is 45.4 Å². The average Bonchev–Trinajstić information content (AvgIpc) is 2.98. The first kappa shape index (κ1) is 25.3. The van der Waals surface area contributed by atoms with Gasteiger partial charge in [-0.1, -0.05) is 6.07 Å². The van der Waals surface area contributed by atoms with Gasteiger partial charge in [-0.05, 0) is 87.6 Å². The molecule has 0 amide bonds. The number of benzene rings is 2. The standard InChI is InChI=1S/C25H32N4O4S/c1-16-12-17(2)14-21(13-16)34(32,33)27-23-15-20(25(30)31)9-10-24(23)28(5)11-7-8-22-18(3)26-29(6)19(22)4/h9-10,12-15,27H,7-8,11H2,1-6H3,(H,30,31). The minimum atomic E-state index is -3.91. The molecule has 0 bridgehead atoms. The normalized spacial score (nSPS) is 11.5. The third-order valence-corrected chi connectivity index (χ3v) is 7.33. The van der Waals surface area contributed by atoms with Crippen LogP contribution in [0.5, 0.6) is 0 Å². The van der Waals surface area contributed by atoms with Crippen LogP contribution in [0.2, 0.25) is 0 Å². The van der Waals surface area contributed by atoms with Crippen LogP contribution in [0.3, 0.4) is 0 Å². The molecule has 0 atom stereocenters. The van der Waals surface area contributed by atoms with Gasteiger partial charge in [-0.2, -0.15) is 5.10 Å². The molecule has 1 heterocycles. The molecule has 0 fully saturated rings.